The molecule has 1 aliphatic rings. The van der Waals surface area contributed by atoms with Crippen LogP contribution in [0.5, 0.6) is 11.5 Å². The number of allylic oxidation sites excluding steroid dienone is 2. The molecule has 7 heteroatoms. The molecule has 0 saturated carbocycles. The molecule has 0 bridgehead atoms. The van der Waals surface area contributed by atoms with Gasteiger partial charge >= 0.3 is 5.97 Å². The van der Waals surface area contributed by atoms with Crippen LogP contribution < -0.4 is 15.2 Å². The predicted octanol–water partition coefficient (Wildman–Crippen LogP) is 4.30. The monoisotopic (exact) mass is 414 g/mol. The Morgan fingerprint density at radius 2 is 2.00 bits per heavy atom. The summed E-state index contributed by atoms with van der Waals surface area (Å²) in [6.07, 6.45) is 4.42. The van der Waals surface area contributed by atoms with Gasteiger partial charge in [-0.15, -0.1) is 0 Å². The summed E-state index contributed by atoms with van der Waals surface area (Å²) in [7, 11) is 1.55. The van der Waals surface area contributed by atoms with Crippen LogP contribution in [-0.2, 0) is 14.3 Å². The Balaban J connectivity index is 2.38. The maximum absolute atomic E-state index is 12.6. The number of rotatable bonds is 10. The number of methoxy groups -OCH3 is 1. The smallest absolute Gasteiger partial charge is 0.338 e. The molecule has 7 nitrogen and oxygen atoms in total. The Labute approximate surface area is 178 Å². The lowest BCUT2D eigenvalue weighted by Gasteiger charge is -2.27. The van der Waals surface area contributed by atoms with Crippen LogP contribution >= 0.6 is 0 Å². The van der Waals surface area contributed by atoms with Crippen molar-refractivity contribution in [1.29, 1.82) is 5.26 Å². The zero-order valence-electron chi connectivity index (χ0n) is 18.1. The molecule has 0 radical (unpaired) electrons. The summed E-state index contributed by atoms with van der Waals surface area (Å²) in [4.78, 5) is 12.6. The zero-order valence-corrected chi connectivity index (χ0v) is 18.1. The Kier molecular flexibility index (Phi) is 8.60. The highest BCUT2D eigenvalue weighted by atomic mass is 16.5. The fourth-order valence-electron chi connectivity index (χ4n) is 3.38. The van der Waals surface area contributed by atoms with Crippen molar-refractivity contribution >= 4 is 5.97 Å². The summed E-state index contributed by atoms with van der Waals surface area (Å²) in [6.45, 7) is 6.31. The second-order valence-electron chi connectivity index (χ2n) is 6.93. The van der Waals surface area contributed by atoms with Gasteiger partial charge in [0.1, 0.15) is 17.4 Å². The van der Waals surface area contributed by atoms with Crippen molar-refractivity contribution in [3.63, 3.8) is 0 Å². The quantitative estimate of drug-likeness (QED) is 0.450. The molecule has 0 spiro atoms. The minimum atomic E-state index is -0.713. The summed E-state index contributed by atoms with van der Waals surface area (Å²) in [6, 6.07) is 7.42. The molecule has 2 N–H and O–H groups in total. The first kappa shape index (κ1) is 23.1. The number of esters is 1. The van der Waals surface area contributed by atoms with Crippen LogP contribution in [0.4, 0.5) is 0 Å². The molecule has 0 fully saturated rings. The van der Waals surface area contributed by atoms with E-state index in [2.05, 4.69) is 13.0 Å². The Morgan fingerprint density at radius 1 is 1.23 bits per heavy atom. The molecule has 1 unspecified atom stereocenters. The van der Waals surface area contributed by atoms with E-state index in [9.17, 15) is 10.1 Å². The first-order valence-electron chi connectivity index (χ1n) is 10.2. The number of ether oxygens (including phenoxy) is 4. The van der Waals surface area contributed by atoms with Crippen LogP contribution in [0.25, 0.3) is 0 Å². The summed E-state index contributed by atoms with van der Waals surface area (Å²) in [5.41, 5.74) is 7.00. The maximum Gasteiger partial charge on any atom is 0.338 e. The second-order valence-corrected chi connectivity index (χ2v) is 6.93. The molecule has 1 heterocycles. The zero-order chi connectivity index (χ0) is 22.1. The van der Waals surface area contributed by atoms with Crippen LogP contribution in [0.1, 0.15) is 57.9 Å². The van der Waals surface area contributed by atoms with Gasteiger partial charge in [-0.1, -0.05) is 32.3 Å². The Bertz CT molecular complexity index is 867. The highest BCUT2D eigenvalue weighted by molar-refractivity contribution is 5.92. The van der Waals surface area contributed by atoms with Crippen molar-refractivity contribution in [3.8, 4) is 17.6 Å². The van der Waals surface area contributed by atoms with Crippen molar-refractivity contribution in [2.24, 2.45) is 5.73 Å². The molecule has 0 saturated heterocycles. The number of nitrogens with zero attached hydrogens (tertiary/aromatic N) is 1. The average molecular weight is 415 g/mol. The first-order valence-corrected chi connectivity index (χ1v) is 10.2. The number of carbonyl (C=O) groups excluding carboxylic acids is 1. The third-order valence-electron chi connectivity index (χ3n) is 4.88. The molecule has 30 heavy (non-hydrogen) atoms. The molecule has 1 aromatic rings. The number of hydrogen-bond donors (Lipinski definition) is 1. The van der Waals surface area contributed by atoms with Crippen LogP contribution in [0.2, 0.25) is 0 Å². The molecular formula is C23H30N2O5. The van der Waals surface area contributed by atoms with Crippen molar-refractivity contribution in [3.05, 3.63) is 46.6 Å². The molecular weight excluding hydrogens is 384 g/mol. The van der Waals surface area contributed by atoms with E-state index in [1.807, 2.05) is 0 Å². The van der Waals surface area contributed by atoms with Crippen molar-refractivity contribution in [1.82, 2.24) is 0 Å². The number of hydrogen-bond acceptors (Lipinski definition) is 7. The molecule has 0 aliphatic carbocycles. The van der Waals surface area contributed by atoms with Gasteiger partial charge < -0.3 is 24.7 Å². The number of nitrogens with two attached hydrogens (primary N) is 1. The van der Waals surface area contributed by atoms with E-state index >= 15 is 0 Å². The predicted molar refractivity (Wildman–Crippen MR) is 113 cm³/mol. The van der Waals surface area contributed by atoms with Gasteiger partial charge in [0.05, 0.1) is 31.8 Å². The normalized spacial score (nSPS) is 16.0. The minimum absolute atomic E-state index is 0.0248. The number of nitriles is 1. The molecule has 0 amide bonds. The van der Waals surface area contributed by atoms with Gasteiger partial charge in [0.25, 0.3) is 0 Å². The molecule has 0 aromatic heterocycles. The van der Waals surface area contributed by atoms with E-state index < -0.39 is 11.9 Å². The van der Waals surface area contributed by atoms with E-state index in [1.54, 1.807) is 39.2 Å². The average Bonchev–Trinajstić information content (AvgIpc) is 2.73. The number of unbranched alkanes of at least 4 members (excludes halogenated alkanes) is 3. The van der Waals surface area contributed by atoms with Crippen LogP contribution in [0.3, 0.4) is 0 Å². The minimum Gasteiger partial charge on any atom is -0.493 e. The maximum atomic E-state index is 12.6. The van der Waals surface area contributed by atoms with E-state index in [0.717, 1.165) is 19.3 Å². The topological polar surface area (TPSA) is 104 Å². The van der Waals surface area contributed by atoms with E-state index in [4.69, 9.17) is 24.7 Å². The van der Waals surface area contributed by atoms with Gasteiger partial charge in [-0.25, -0.2) is 4.79 Å². The standard InChI is InChI=1S/C23H30N2O5/c1-5-7-8-9-12-29-18-11-10-16(13-19(18)27-4)21-17(14-24)22(25)30-15(3)20(21)23(26)28-6-2/h10-11,13,21H,5-9,12,25H2,1-4H3. The first-order chi connectivity index (χ1) is 14.5. The summed E-state index contributed by atoms with van der Waals surface area (Å²) < 4.78 is 22.0. The second kappa shape index (κ2) is 11.1. The van der Waals surface area contributed by atoms with Crippen molar-refractivity contribution in [2.75, 3.05) is 20.3 Å². The van der Waals surface area contributed by atoms with Gasteiger partial charge in [-0.05, 0) is 38.0 Å². The molecule has 1 aliphatic heterocycles. The summed E-state index contributed by atoms with van der Waals surface area (Å²) >= 11 is 0. The molecule has 1 atom stereocenters. The molecule has 162 valence electrons. The fraction of sp³-hybridized carbons (Fsp3) is 0.478. The SMILES string of the molecule is CCCCCCOc1ccc(C2C(C#N)=C(N)OC(C)=C2C(=O)OCC)cc1OC. The van der Waals surface area contributed by atoms with E-state index in [1.165, 1.54) is 6.42 Å². The van der Waals surface area contributed by atoms with Gasteiger partial charge in [-0.2, -0.15) is 5.26 Å². The van der Waals surface area contributed by atoms with Crippen LogP contribution in [0.15, 0.2) is 41.0 Å². The lowest BCUT2D eigenvalue weighted by atomic mass is 9.83. The summed E-state index contributed by atoms with van der Waals surface area (Å²) in [5.74, 6) is 0.157. The van der Waals surface area contributed by atoms with E-state index in [-0.39, 0.29) is 23.6 Å². The van der Waals surface area contributed by atoms with Crippen molar-refractivity contribution in [2.45, 2.75) is 52.4 Å². The van der Waals surface area contributed by atoms with E-state index in [0.29, 0.717) is 29.4 Å². The van der Waals surface area contributed by atoms with Gasteiger partial charge in [0, 0.05) is 0 Å². The van der Waals surface area contributed by atoms with Gasteiger partial charge in [0.2, 0.25) is 5.88 Å². The number of benzene rings is 1. The Hall–Kier alpha value is -3.14. The molecule has 2 rings (SSSR count). The lowest BCUT2D eigenvalue weighted by molar-refractivity contribution is -0.139. The largest absolute Gasteiger partial charge is 0.493 e. The Morgan fingerprint density at radius 3 is 2.63 bits per heavy atom. The van der Waals surface area contributed by atoms with Gasteiger partial charge in [0.15, 0.2) is 11.5 Å². The van der Waals surface area contributed by atoms with Crippen LogP contribution in [-0.4, -0.2) is 26.3 Å². The fourth-order valence-corrected chi connectivity index (χ4v) is 3.38. The third kappa shape index (κ3) is 5.26. The van der Waals surface area contributed by atoms with Gasteiger partial charge in [-0.3, -0.25) is 0 Å². The lowest BCUT2D eigenvalue weighted by Crippen LogP contribution is -2.25. The van der Waals surface area contributed by atoms with Crippen LogP contribution in [0, 0.1) is 11.3 Å². The third-order valence-corrected chi connectivity index (χ3v) is 4.88. The summed E-state index contributed by atoms with van der Waals surface area (Å²) in [5, 5.41) is 9.68. The number of carbonyl (C=O) groups is 1. The molecule has 1 aromatic carbocycles. The highest BCUT2D eigenvalue weighted by Crippen LogP contribution is 2.42. The highest BCUT2D eigenvalue weighted by Gasteiger charge is 2.36. The van der Waals surface area contributed by atoms with Crippen molar-refractivity contribution < 1.29 is 23.7 Å².